The lowest BCUT2D eigenvalue weighted by Crippen LogP contribution is -2.57. The molecule has 3 N–H and O–H groups in total. The van der Waals surface area contributed by atoms with Crippen LogP contribution in [0.3, 0.4) is 0 Å². The summed E-state index contributed by atoms with van der Waals surface area (Å²) in [4.78, 5) is 54.0. The monoisotopic (exact) mass is 733 g/mol. The molecule has 4 aromatic rings. The fourth-order valence-corrected chi connectivity index (χ4v) is 7.76. The van der Waals surface area contributed by atoms with Crippen molar-refractivity contribution in [3.05, 3.63) is 96.6 Å². The minimum atomic E-state index is -4.56. The number of thiazole rings is 1. The number of nitrogens with zero attached hydrogens (tertiary/aromatic N) is 2. The maximum Gasteiger partial charge on any atom is 0.416 e. The molecule has 7 rings (SSSR count). The van der Waals surface area contributed by atoms with Crippen molar-refractivity contribution < 1.29 is 37.1 Å². The smallest absolute Gasteiger partial charge is 0.416 e. The van der Waals surface area contributed by atoms with Gasteiger partial charge in [-0.15, -0.1) is 0 Å². The van der Waals surface area contributed by atoms with Gasteiger partial charge in [0.25, 0.3) is 11.1 Å². The lowest BCUT2D eigenvalue weighted by molar-refractivity contribution is -0.141. The van der Waals surface area contributed by atoms with E-state index in [1.165, 1.54) is 28.4 Å². The summed E-state index contributed by atoms with van der Waals surface area (Å²) in [5.41, 5.74) is 1.26. The van der Waals surface area contributed by atoms with E-state index in [0.29, 0.717) is 30.2 Å². The number of ether oxygens (including phenoxy) is 1. The van der Waals surface area contributed by atoms with Gasteiger partial charge in [0, 0.05) is 18.0 Å². The zero-order valence-corrected chi connectivity index (χ0v) is 28.9. The Morgan fingerprint density at radius 2 is 1.81 bits per heavy atom. The molecule has 5 atom stereocenters. The Hall–Kier alpha value is -5.11. The molecular formula is C38H38F3N5O5S. The van der Waals surface area contributed by atoms with E-state index in [-0.39, 0.29) is 24.6 Å². The van der Waals surface area contributed by atoms with Gasteiger partial charge in [0.15, 0.2) is 5.75 Å². The van der Waals surface area contributed by atoms with Crippen LogP contribution in [0.4, 0.5) is 18.9 Å². The number of halogens is 3. The summed E-state index contributed by atoms with van der Waals surface area (Å²) in [6.45, 7) is 0.0350. The molecule has 2 fully saturated rings. The minimum absolute atomic E-state index is 0.0350. The van der Waals surface area contributed by atoms with Crippen molar-refractivity contribution in [2.45, 2.75) is 74.8 Å². The van der Waals surface area contributed by atoms with Crippen molar-refractivity contribution in [2.75, 3.05) is 11.9 Å². The third-order valence-corrected chi connectivity index (χ3v) is 10.6. The molecule has 3 heterocycles. The first-order valence-corrected chi connectivity index (χ1v) is 18.2. The summed E-state index contributed by atoms with van der Waals surface area (Å²) in [6.07, 6.45) is 2.47. The molecule has 272 valence electrons. The Labute approximate surface area is 302 Å². The Balaban J connectivity index is 1.17. The summed E-state index contributed by atoms with van der Waals surface area (Å²) >= 11 is 1.35. The normalized spacial score (nSPS) is 25.9. The predicted molar refractivity (Wildman–Crippen MR) is 189 cm³/mol. The number of hydrogen-bond donors (Lipinski definition) is 3. The highest BCUT2D eigenvalue weighted by atomic mass is 32.1. The average Bonchev–Trinajstić information content (AvgIpc) is 3.43. The highest BCUT2D eigenvalue weighted by molar-refractivity contribution is 7.20. The number of alkyl halides is 3. The van der Waals surface area contributed by atoms with Crippen LogP contribution < -0.4 is 25.7 Å². The van der Waals surface area contributed by atoms with E-state index in [1.54, 1.807) is 24.3 Å². The first-order chi connectivity index (χ1) is 25.1. The lowest BCUT2D eigenvalue weighted by Gasteiger charge is -2.30. The van der Waals surface area contributed by atoms with Crippen molar-refractivity contribution in [3.63, 3.8) is 0 Å². The summed E-state index contributed by atoms with van der Waals surface area (Å²) in [5, 5.41) is 6.41. The number of carbonyl (C=O) groups is 3. The standard InChI is InChI=1S/C38H38F3N5O5S/c39-38(40,41)24-13-11-14-26(20-24)42-30-18-8-3-1-2-5-12-25-22-37(25,35(49)45-51-27-15-6-4-7-16-27)44-33(47)31-21-28(23-46(31)34(30)48)50-36-43-29-17-9-10-19-32(29)52-36/h4-7,9-17,19-20,25,28,30-31,42H,1-3,8,18,21-23H2,(H,44,47)(H,45,49)/b12-5-/t25-,28-,30+,31+,37-/m1/s1. The first kappa shape index (κ1) is 35.3. The Kier molecular flexibility index (Phi) is 10.1. The van der Waals surface area contributed by atoms with E-state index in [9.17, 15) is 27.6 Å². The number of para-hydroxylation sites is 2. The SMILES string of the molecule is O=C1N[C@]2(C(=O)NOc3ccccc3)C[C@H]2/C=C\CCCCC[C@H](Nc2cccc(C(F)(F)F)c2)C(=O)N2C[C@H](Oc3nc4ccccc4s3)C[C@@H]12. The van der Waals surface area contributed by atoms with Crippen molar-refractivity contribution in [3.8, 4) is 10.9 Å². The molecule has 1 saturated heterocycles. The molecule has 0 radical (unpaired) electrons. The van der Waals surface area contributed by atoms with Crippen molar-refractivity contribution in [1.82, 2.24) is 20.7 Å². The summed E-state index contributed by atoms with van der Waals surface area (Å²) in [6, 6.07) is 19.1. The molecule has 0 unspecified atom stereocenters. The second-order valence-corrected chi connectivity index (χ2v) is 14.4. The summed E-state index contributed by atoms with van der Waals surface area (Å²) < 4.78 is 48.0. The van der Waals surface area contributed by atoms with Gasteiger partial charge in [0.1, 0.15) is 23.7 Å². The number of benzene rings is 3. The molecule has 0 spiro atoms. The maximum absolute atomic E-state index is 14.5. The summed E-state index contributed by atoms with van der Waals surface area (Å²) in [5.74, 6) is -1.38. The van der Waals surface area contributed by atoms with Crippen LogP contribution in [0.15, 0.2) is 91.0 Å². The number of fused-ring (bicyclic) bond motifs is 3. The van der Waals surface area contributed by atoms with Gasteiger partial charge in [-0.05, 0) is 68.1 Å². The molecule has 14 heteroatoms. The van der Waals surface area contributed by atoms with Gasteiger partial charge in [-0.2, -0.15) is 18.7 Å². The minimum Gasteiger partial charge on any atom is -0.465 e. The number of rotatable bonds is 7. The molecule has 3 aromatic carbocycles. The molecule has 3 amide bonds. The van der Waals surface area contributed by atoms with Crippen molar-refractivity contribution in [2.24, 2.45) is 5.92 Å². The van der Waals surface area contributed by atoms with Crippen LogP contribution >= 0.6 is 11.3 Å². The average molecular weight is 734 g/mol. The van der Waals surface area contributed by atoms with Gasteiger partial charge in [-0.25, -0.2) is 4.98 Å². The number of anilines is 1. The quantitative estimate of drug-likeness (QED) is 0.144. The van der Waals surface area contributed by atoms with Gasteiger partial charge in [-0.3, -0.25) is 14.4 Å². The van der Waals surface area contributed by atoms with Crippen LogP contribution in [-0.4, -0.2) is 57.9 Å². The summed E-state index contributed by atoms with van der Waals surface area (Å²) in [7, 11) is 0. The highest BCUT2D eigenvalue weighted by Gasteiger charge is 2.61. The van der Waals surface area contributed by atoms with Crippen LogP contribution in [0.1, 0.15) is 50.5 Å². The molecule has 2 aliphatic heterocycles. The number of nitrogens with one attached hydrogen (secondary N) is 3. The fourth-order valence-electron chi connectivity index (χ4n) is 6.88. The van der Waals surface area contributed by atoms with E-state index in [0.717, 1.165) is 41.6 Å². The number of hydroxylamine groups is 1. The fraction of sp³-hybridized carbons (Fsp3) is 0.368. The number of hydrogen-bond acceptors (Lipinski definition) is 8. The Morgan fingerprint density at radius 1 is 1.00 bits per heavy atom. The molecule has 1 aromatic heterocycles. The van der Waals surface area contributed by atoms with Crippen LogP contribution in [0.25, 0.3) is 10.2 Å². The van der Waals surface area contributed by atoms with Crippen LogP contribution in [0.5, 0.6) is 10.9 Å². The van der Waals surface area contributed by atoms with Crippen molar-refractivity contribution >= 4 is 45.0 Å². The van der Waals surface area contributed by atoms with Gasteiger partial charge in [0.05, 0.1) is 22.3 Å². The van der Waals surface area contributed by atoms with E-state index in [2.05, 4.69) is 21.1 Å². The van der Waals surface area contributed by atoms with Crippen LogP contribution in [0, 0.1) is 5.92 Å². The molecule has 1 aliphatic carbocycles. The van der Waals surface area contributed by atoms with Gasteiger partial charge >= 0.3 is 6.18 Å². The van der Waals surface area contributed by atoms with E-state index >= 15 is 0 Å². The number of amides is 3. The maximum atomic E-state index is 14.5. The third-order valence-electron chi connectivity index (χ3n) is 9.72. The first-order valence-electron chi connectivity index (χ1n) is 17.4. The third kappa shape index (κ3) is 7.86. The zero-order chi connectivity index (χ0) is 36.3. The second-order valence-electron chi connectivity index (χ2n) is 13.4. The number of allylic oxidation sites excluding steroid dienone is 1. The molecular weight excluding hydrogens is 696 g/mol. The van der Waals surface area contributed by atoms with E-state index in [1.807, 2.05) is 42.5 Å². The Morgan fingerprint density at radius 3 is 2.62 bits per heavy atom. The predicted octanol–water partition coefficient (Wildman–Crippen LogP) is 6.65. The number of aromatic nitrogens is 1. The van der Waals surface area contributed by atoms with E-state index in [4.69, 9.17) is 9.57 Å². The second kappa shape index (κ2) is 14.9. The van der Waals surface area contributed by atoms with Gasteiger partial charge in [0.2, 0.25) is 11.8 Å². The zero-order valence-electron chi connectivity index (χ0n) is 28.1. The number of carbonyl (C=O) groups excluding carboxylic acids is 3. The van der Waals surface area contributed by atoms with Gasteiger partial charge in [-0.1, -0.05) is 72.7 Å². The molecule has 0 bridgehead atoms. The Bertz CT molecular complexity index is 1920. The largest absolute Gasteiger partial charge is 0.465 e. The van der Waals surface area contributed by atoms with Gasteiger partial charge < -0.3 is 25.1 Å². The van der Waals surface area contributed by atoms with Crippen LogP contribution in [0.2, 0.25) is 0 Å². The molecule has 10 nitrogen and oxygen atoms in total. The topological polar surface area (TPSA) is 122 Å². The van der Waals surface area contributed by atoms with Crippen LogP contribution in [-0.2, 0) is 20.6 Å². The molecule has 3 aliphatic rings. The molecule has 52 heavy (non-hydrogen) atoms. The highest BCUT2D eigenvalue weighted by Crippen LogP contribution is 2.46. The lowest BCUT2D eigenvalue weighted by atomic mass is 10.0. The molecule has 1 saturated carbocycles. The van der Waals surface area contributed by atoms with Crippen molar-refractivity contribution in [1.29, 1.82) is 0 Å². The van der Waals surface area contributed by atoms with E-state index < -0.39 is 53.2 Å².